The van der Waals surface area contributed by atoms with Crippen LogP contribution in [-0.2, 0) is 22.4 Å². The van der Waals surface area contributed by atoms with E-state index in [4.69, 9.17) is 0 Å². The van der Waals surface area contributed by atoms with Gasteiger partial charge in [0.1, 0.15) is 5.54 Å². The van der Waals surface area contributed by atoms with Crippen LogP contribution in [0.3, 0.4) is 0 Å². The maximum absolute atomic E-state index is 12.1. The maximum atomic E-state index is 12.1. The summed E-state index contributed by atoms with van der Waals surface area (Å²) in [4.78, 5) is 24.6. The van der Waals surface area contributed by atoms with Crippen molar-refractivity contribution in [1.82, 2.24) is 10.2 Å². The lowest BCUT2D eigenvalue weighted by atomic mass is 9.93. The smallest absolute Gasteiger partial charge is 0.246 e. The first-order valence-corrected chi connectivity index (χ1v) is 5.61. The highest BCUT2D eigenvalue weighted by Crippen LogP contribution is 2.33. The van der Waals surface area contributed by atoms with Crippen molar-refractivity contribution < 1.29 is 9.59 Å². The average Bonchev–Trinajstić information content (AvgIpc) is 2.77. The topological polar surface area (TPSA) is 49.4 Å². The number of fused-ring (bicyclic) bond motifs is 1. The molecule has 0 saturated carbocycles. The zero-order valence-electron chi connectivity index (χ0n) is 10.1. The van der Waals surface area contributed by atoms with E-state index >= 15 is 0 Å². The molecule has 2 rings (SSSR count). The quantitative estimate of drug-likeness (QED) is 0.765. The van der Waals surface area contributed by atoms with Gasteiger partial charge in [-0.25, -0.2) is 0 Å². The van der Waals surface area contributed by atoms with Crippen LogP contribution in [0, 0.1) is 0 Å². The summed E-state index contributed by atoms with van der Waals surface area (Å²) in [6.45, 7) is 0. The molecule has 0 aromatic heterocycles. The van der Waals surface area contributed by atoms with Crippen molar-refractivity contribution in [2.24, 2.45) is 0 Å². The van der Waals surface area contributed by atoms with Crippen LogP contribution in [0.2, 0.25) is 0 Å². The van der Waals surface area contributed by atoms with E-state index in [9.17, 15) is 9.59 Å². The summed E-state index contributed by atoms with van der Waals surface area (Å²) >= 11 is 0. The van der Waals surface area contributed by atoms with E-state index < -0.39 is 5.54 Å². The van der Waals surface area contributed by atoms with Crippen LogP contribution < -0.4 is 5.32 Å². The standard InChI is InChI=1S/C13H16N2O2/c1-14-12(17)13(15(2)9-16)7-10-5-3-4-6-11(10)8-13/h3-6,9H,7-8H2,1-2H3,(H,14,17). The van der Waals surface area contributed by atoms with Crippen molar-refractivity contribution in [3.8, 4) is 0 Å². The molecule has 2 amide bonds. The van der Waals surface area contributed by atoms with Crippen molar-refractivity contribution in [2.75, 3.05) is 14.1 Å². The Hall–Kier alpha value is -1.84. The fraction of sp³-hybridized carbons (Fsp3) is 0.385. The van der Waals surface area contributed by atoms with Gasteiger partial charge in [0, 0.05) is 26.9 Å². The third kappa shape index (κ3) is 1.69. The number of benzene rings is 1. The van der Waals surface area contributed by atoms with E-state index in [1.165, 1.54) is 4.90 Å². The molecule has 0 spiro atoms. The highest BCUT2D eigenvalue weighted by atomic mass is 16.2. The van der Waals surface area contributed by atoms with Gasteiger partial charge in [-0.2, -0.15) is 0 Å². The van der Waals surface area contributed by atoms with Gasteiger partial charge >= 0.3 is 0 Å². The molecule has 90 valence electrons. The third-order valence-corrected chi connectivity index (χ3v) is 3.57. The largest absolute Gasteiger partial charge is 0.357 e. The molecular formula is C13H16N2O2. The monoisotopic (exact) mass is 232 g/mol. The van der Waals surface area contributed by atoms with E-state index in [-0.39, 0.29) is 5.91 Å². The molecule has 4 nitrogen and oxygen atoms in total. The van der Waals surface area contributed by atoms with Gasteiger partial charge in [-0.3, -0.25) is 9.59 Å². The lowest BCUT2D eigenvalue weighted by Crippen LogP contribution is -2.57. The fourth-order valence-corrected chi connectivity index (χ4v) is 2.50. The van der Waals surface area contributed by atoms with Gasteiger partial charge in [-0.05, 0) is 11.1 Å². The van der Waals surface area contributed by atoms with Gasteiger partial charge < -0.3 is 10.2 Å². The zero-order chi connectivity index (χ0) is 12.5. The molecule has 0 aliphatic heterocycles. The highest BCUT2D eigenvalue weighted by Gasteiger charge is 2.46. The molecule has 0 heterocycles. The Morgan fingerprint density at radius 1 is 1.35 bits per heavy atom. The van der Waals surface area contributed by atoms with Crippen molar-refractivity contribution in [3.63, 3.8) is 0 Å². The van der Waals surface area contributed by atoms with Gasteiger partial charge in [0.2, 0.25) is 12.3 Å². The molecule has 4 heteroatoms. The minimum atomic E-state index is -0.764. The average molecular weight is 232 g/mol. The summed E-state index contributed by atoms with van der Waals surface area (Å²) < 4.78 is 0. The van der Waals surface area contributed by atoms with Crippen LogP contribution in [0.25, 0.3) is 0 Å². The molecule has 1 N–H and O–H groups in total. The van der Waals surface area contributed by atoms with E-state index in [1.807, 2.05) is 24.3 Å². The second kappa shape index (κ2) is 4.20. The summed E-state index contributed by atoms with van der Waals surface area (Å²) in [7, 11) is 3.26. The number of hydrogen-bond acceptors (Lipinski definition) is 2. The predicted octanol–water partition coefficient (Wildman–Crippen LogP) is 0.358. The molecule has 0 atom stereocenters. The summed E-state index contributed by atoms with van der Waals surface area (Å²) in [6.07, 6.45) is 1.89. The Kier molecular flexibility index (Phi) is 2.88. The molecule has 1 aliphatic carbocycles. The van der Waals surface area contributed by atoms with Gasteiger partial charge in [0.25, 0.3) is 0 Å². The Bertz CT molecular complexity index is 431. The summed E-state index contributed by atoms with van der Waals surface area (Å²) in [5.41, 5.74) is 1.52. The van der Waals surface area contributed by atoms with E-state index in [0.29, 0.717) is 12.8 Å². The molecule has 17 heavy (non-hydrogen) atoms. The molecular weight excluding hydrogens is 216 g/mol. The van der Waals surface area contributed by atoms with Crippen LogP contribution in [0.1, 0.15) is 11.1 Å². The minimum Gasteiger partial charge on any atom is -0.357 e. The van der Waals surface area contributed by atoms with Crippen LogP contribution in [-0.4, -0.2) is 36.9 Å². The Balaban J connectivity index is 2.41. The molecule has 0 fully saturated rings. The molecule has 1 aromatic rings. The van der Waals surface area contributed by atoms with Gasteiger partial charge in [0.05, 0.1) is 0 Å². The first-order chi connectivity index (χ1) is 8.14. The minimum absolute atomic E-state index is 0.108. The molecule has 0 unspecified atom stereocenters. The van der Waals surface area contributed by atoms with Gasteiger partial charge in [0.15, 0.2) is 0 Å². The maximum Gasteiger partial charge on any atom is 0.246 e. The Labute approximate surface area is 101 Å². The Morgan fingerprint density at radius 3 is 2.29 bits per heavy atom. The first kappa shape index (κ1) is 11.6. The number of amides is 2. The van der Waals surface area contributed by atoms with Gasteiger partial charge in [-0.1, -0.05) is 24.3 Å². The number of likely N-dealkylation sites (N-methyl/N-ethyl adjacent to an activating group) is 2. The Morgan fingerprint density at radius 2 is 1.88 bits per heavy atom. The summed E-state index contributed by atoms with van der Waals surface area (Å²) in [5.74, 6) is -0.108. The molecule has 0 radical (unpaired) electrons. The van der Waals surface area contributed by atoms with Crippen molar-refractivity contribution in [1.29, 1.82) is 0 Å². The zero-order valence-corrected chi connectivity index (χ0v) is 10.1. The van der Waals surface area contributed by atoms with Crippen LogP contribution in [0.4, 0.5) is 0 Å². The fourth-order valence-electron chi connectivity index (χ4n) is 2.50. The van der Waals surface area contributed by atoms with Crippen molar-refractivity contribution >= 4 is 12.3 Å². The second-order valence-electron chi connectivity index (χ2n) is 4.45. The van der Waals surface area contributed by atoms with Crippen LogP contribution in [0.15, 0.2) is 24.3 Å². The summed E-state index contributed by atoms with van der Waals surface area (Å²) in [5, 5.41) is 2.66. The number of hydrogen-bond donors (Lipinski definition) is 1. The lowest BCUT2D eigenvalue weighted by molar-refractivity contribution is -0.138. The van der Waals surface area contributed by atoms with E-state index in [0.717, 1.165) is 17.5 Å². The van der Waals surface area contributed by atoms with E-state index in [1.54, 1.807) is 14.1 Å². The number of rotatable bonds is 3. The molecule has 0 saturated heterocycles. The molecule has 1 aromatic carbocycles. The van der Waals surface area contributed by atoms with Crippen LogP contribution in [0.5, 0.6) is 0 Å². The SMILES string of the molecule is CNC(=O)C1(N(C)C=O)Cc2ccccc2C1. The van der Waals surface area contributed by atoms with Gasteiger partial charge in [-0.15, -0.1) is 0 Å². The van der Waals surface area contributed by atoms with Crippen LogP contribution >= 0.6 is 0 Å². The number of nitrogens with zero attached hydrogens (tertiary/aromatic N) is 1. The predicted molar refractivity (Wildman–Crippen MR) is 64.5 cm³/mol. The molecule has 0 bridgehead atoms. The first-order valence-electron chi connectivity index (χ1n) is 5.61. The van der Waals surface area contributed by atoms with E-state index in [2.05, 4.69) is 5.32 Å². The third-order valence-electron chi connectivity index (χ3n) is 3.57. The lowest BCUT2D eigenvalue weighted by Gasteiger charge is -2.34. The second-order valence-corrected chi connectivity index (χ2v) is 4.45. The summed E-state index contributed by atoms with van der Waals surface area (Å²) in [6, 6.07) is 7.94. The molecule has 1 aliphatic rings. The normalized spacial score (nSPS) is 16.1. The highest BCUT2D eigenvalue weighted by molar-refractivity contribution is 5.89. The van der Waals surface area contributed by atoms with Crippen molar-refractivity contribution in [3.05, 3.63) is 35.4 Å². The number of carbonyl (C=O) groups is 2. The number of nitrogens with one attached hydrogen (secondary N) is 1. The number of carbonyl (C=O) groups excluding carboxylic acids is 2. The van der Waals surface area contributed by atoms with Crippen molar-refractivity contribution in [2.45, 2.75) is 18.4 Å².